The topological polar surface area (TPSA) is 79.9 Å². The Morgan fingerprint density at radius 1 is 1.28 bits per heavy atom. The molecule has 2 aromatic carbocycles. The number of benzene rings is 2. The van der Waals surface area contributed by atoms with Gasteiger partial charge in [-0.2, -0.15) is 0 Å². The van der Waals surface area contributed by atoms with Crippen molar-refractivity contribution >= 4 is 17.9 Å². The summed E-state index contributed by atoms with van der Waals surface area (Å²) in [5.74, 6) is -0.107. The highest BCUT2D eigenvalue weighted by Crippen LogP contribution is 2.33. The van der Waals surface area contributed by atoms with Gasteiger partial charge < -0.3 is 9.47 Å². The molecule has 1 saturated heterocycles. The summed E-state index contributed by atoms with van der Waals surface area (Å²) in [6.07, 6.45) is 0.536. The molecular weight excluding hydrogens is 329 g/mol. The number of hydrogen-bond acceptors (Lipinski definition) is 6. The second kappa shape index (κ2) is 7.18. The number of nitrogens with zero attached hydrogens (tertiary/aromatic N) is 1. The Morgan fingerprint density at radius 2 is 2.04 bits per heavy atom. The molecule has 2 N–H and O–H groups in total. The summed E-state index contributed by atoms with van der Waals surface area (Å²) in [6, 6.07) is 9.72. The first-order valence-electron chi connectivity index (χ1n) is 7.47. The molecule has 1 amide bonds. The van der Waals surface area contributed by atoms with Crippen LogP contribution in [-0.2, 0) is 11.4 Å². The molecule has 0 bridgehead atoms. The Bertz CT molecular complexity index is 795. The van der Waals surface area contributed by atoms with Gasteiger partial charge >= 0.3 is 0 Å². The van der Waals surface area contributed by atoms with E-state index >= 15 is 0 Å². The van der Waals surface area contributed by atoms with Crippen LogP contribution in [0.5, 0.6) is 11.5 Å². The van der Waals surface area contributed by atoms with Crippen molar-refractivity contribution in [3.05, 3.63) is 53.3 Å². The number of anilines is 1. The molecule has 1 fully saturated rings. The van der Waals surface area contributed by atoms with Crippen molar-refractivity contribution in [2.24, 2.45) is 0 Å². The number of halogens is 1. The molecule has 3 rings (SSSR count). The lowest BCUT2D eigenvalue weighted by Crippen LogP contribution is -2.37. The van der Waals surface area contributed by atoms with Gasteiger partial charge in [-0.15, -0.1) is 5.53 Å². The molecule has 25 heavy (non-hydrogen) atoms. The van der Waals surface area contributed by atoms with Crippen LogP contribution < -0.4 is 25.4 Å². The van der Waals surface area contributed by atoms with Crippen LogP contribution in [0.4, 0.5) is 10.1 Å². The number of rotatable bonds is 6. The highest BCUT2D eigenvalue weighted by Gasteiger charge is 2.25. The molecule has 2 aromatic rings. The van der Waals surface area contributed by atoms with Crippen LogP contribution >= 0.6 is 0 Å². The Labute approximate surface area is 143 Å². The van der Waals surface area contributed by atoms with Crippen LogP contribution in [-0.4, -0.2) is 25.8 Å². The van der Waals surface area contributed by atoms with Crippen molar-refractivity contribution in [3.8, 4) is 11.5 Å². The molecule has 1 heterocycles. The molecule has 1 aliphatic rings. The lowest BCUT2D eigenvalue weighted by atomic mass is 10.2. The van der Waals surface area contributed by atoms with Crippen LogP contribution in [0.3, 0.4) is 0 Å². The quantitative estimate of drug-likeness (QED) is 0.774. The predicted octanol–water partition coefficient (Wildman–Crippen LogP) is 1.58. The summed E-state index contributed by atoms with van der Waals surface area (Å²) in [5.41, 5.74) is 5.97. The summed E-state index contributed by atoms with van der Waals surface area (Å²) >= 11 is 0. The van der Waals surface area contributed by atoms with Gasteiger partial charge in [0.2, 0.25) is 0 Å². The molecule has 0 atom stereocenters. The van der Waals surface area contributed by atoms with Gasteiger partial charge in [-0.3, -0.25) is 20.0 Å². The van der Waals surface area contributed by atoms with Gasteiger partial charge in [0, 0.05) is 5.56 Å². The fourth-order valence-corrected chi connectivity index (χ4v) is 2.40. The highest BCUT2D eigenvalue weighted by atomic mass is 19.1. The molecule has 0 saturated carbocycles. The van der Waals surface area contributed by atoms with E-state index in [0.29, 0.717) is 12.0 Å². The number of methoxy groups -OCH3 is 1. The van der Waals surface area contributed by atoms with Crippen LogP contribution in [0.25, 0.3) is 0 Å². The number of hydrazine groups is 2. The summed E-state index contributed by atoms with van der Waals surface area (Å²) < 4.78 is 25.2. The minimum absolute atomic E-state index is 0.0532. The maximum absolute atomic E-state index is 14.4. The predicted molar refractivity (Wildman–Crippen MR) is 87.7 cm³/mol. The number of carbonyl (C=O) groups excluding carboxylic acids is 2. The smallest absolute Gasteiger partial charge is 0.256 e. The lowest BCUT2D eigenvalue weighted by Gasteiger charge is -2.21. The molecule has 7 nitrogen and oxygen atoms in total. The molecule has 8 heteroatoms. The Kier molecular flexibility index (Phi) is 4.80. The van der Waals surface area contributed by atoms with Crippen molar-refractivity contribution in [1.29, 1.82) is 0 Å². The largest absolute Gasteiger partial charge is 0.497 e. The van der Waals surface area contributed by atoms with Crippen LogP contribution in [0.1, 0.15) is 15.9 Å². The molecule has 130 valence electrons. The zero-order valence-corrected chi connectivity index (χ0v) is 13.4. The molecule has 0 radical (unpaired) electrons. The molecule has 1 aliphatic heterocycles. The second-order valence-corrected chi connectivity index (χ2v) is 5.35. The standard InChI is InChI=1S/C17H16FN3O4/c1-24-13-4-2-11(3-5-13)10-25-15-7-12(9-22)6-14(18)17(15)21-8-16(23)19-20-21/h2-7,9,20H,8,10H2,1H3,(H,19,23). The van der Waals surface area contributed by atoms with E-state index in [1.165, 1.54) is 11.1 Å². The van der Waals surface area contributed by atoms with E-state index in [1.807, 2.05) is 12.1 Å². The van der Waals surface area contributed by atoms with Crippen molar-refractivity contribution in [2.45, 2.75) is 6.61 Å². The first kappa shape index (κ1) is 16.7. The first-order valence-corrected chi connectivity index (χ1v) is 7.47. The maximum Gasteiger partial charge on any atom is 0.256 e. The zero-order chi connectivity index (χ0) is 17.8. The Balaban J connectivity index is 1.85. The third-order valence-electron chi connectivity index (χ3n) is 3.64. The van der Waals surface area contributed by atoms with E-state index in [-0.39, 0.29) is 36.1 Å². The average molecular weight is 345 g/mol. The van der Waals surface area contributed by atoms with E-state index in [9.17, 15) is 14.0 Å². The molecule has 0 aliphatic carbocycles. The molecule has 0 unspecified atom stereocenters. The van der Waals surface area contributed by atoms with Gasteiger partial charge in [-0.05, 0) is 29.8 Å². The van der Waals surface area contributed by atoms with Gasteiger partial charge in [0.1, 0.15) is 36.6 Å². The monoisotopic (exact) mass is 345 g/mol. The van der Waals surface area contributed by atoms with Crippen molar-refractivity contribution in [2.75, 3.05) is 18.7 Å². The summed E-state index contributed by atoms with van der Waals surface area (Å²) in [6.45, 7) is 0.0875. The SMILES string of the molecule is COc1ccc(COc2cc(C=O)cc(F)c2N2CC(=O)NN2)cc1. The number of aldehydes is 1. The van der Waals surface area contributed by atoms with Gasteiger partial charge in [0.05, 0.1) is 7.11 Å². The van der Waals surface area contributed by atoms with Gasteiger partial charge in [-0.1, -0.05) is 12.1 Å². The number of carbonyl (C=O) groups is 2. The van der Waals surface area contributed by atoms with Crippen LogP contribution in [0.15, 0.2) is 36.4 Å². The van der Waals surface area contributed by atoms with E-state index < -0.39 is 5.82 Å². The van der Waals surface area contributed by atoms with Crippen molar-refractivity contribution < 1.29 is 23.5 Å². The minimum Gasteiger partial charge on any atom is -0.497 e. The number of hydrogen-bond donors (Lipinski definition) is 2. The van der Waals surface area contributed by atoms with E-state index in [1.54, 1.807) is 19.2 Å². The average Bonchev–Trinajstić information content (AvgIpc) is 3.05. The van der Waals surface area contributed by atoms with E-state index in [2.05, 4.69) is 11.0 Å². The maximum atomic E-state index is 14.4. The summed E-state index contributed by atoms with van der Waals surface area (Å²) in [7, 11) is 1.57. The number of ether oxygens (including phenoxy) is 2. The zero-order valence-electron chi connectivity index (χ0n) is 13.4. The Morgan fingerprint density at radius 3 is 2.64 bits per heavy atom. The van der Waals surface area contributed by atoms with Gasteiger partial charge in [0.25, 0.3) is 5.91 Å². The normalized spacial score (nSPS) is 13.5. The Hall–Kier alpha value is -3.13. The first-order chi connectivity index (χ1) is 12.1. The molecule has 0 spiro atoms. The third kappa shape index (κ3) is 3.69. The van der Waals surface area contributed by atoms with Crippen LogP contribution in [0.2, 0.25) is 0 Å². The lowest BCUT2D eigenvalue weighted by molar-refractivity contribution is -0.118. The fourth-order valence-electron chi connectivity index (χ4n) is 2.40. The minimum atomic E-state index is -0.668. The van der Waals surface area contributed by atoms with Crippen LogP contribution in [0, 0.1) is 5.82 Å². The van der Waals surface area contributed by atoms with Crippen molar-refractivity contribution in [3.63, 3.8) is 0 Å². The number of nitrogens with one attached hydrogen (secondary N) is 2. The van der Waals surface area contributed by atoms with Gasteiger partial charge in [0.15, 0.2) is 5.82 Å². The summed E-state index contributed by atoms with van der Waals surface area (Å²) in [5, 5.41) is 1.29. The molecule has 0 aromatic heterocycles. The fraction of sp³-hybridized carbons (Fsp3) is 0.176. The second-order valence-electron chi connectivity index (χ2n) is 5.35. The third-order valence-corrected chi connectivity index (χ3v) is 3.64. The summed E-state index contributed by atoms with van der Waals surface area (Å²) in [4.78, 5) is 22.4. The van der Waals surface area contributed by atoms with Gasteiger partial charge in [-0.25, -0.2) is 4.39 Å². The van der Waals surface area contributed by atoms with Crippen molar-refractivity contribution in [1.82, 2.24) is 11.0 Å². The van der Waals surface area contributed by atoms with E-state index in [0.717, 1.165) is 11.6 Å². The highest BCUT2D eigenvalue weighted by molar-refractivity contribution is 5.85. The van der Waals surface area contributed by atoms with E-state index in [4.69, 9.17) is 9.47 Å². The number of amides is 1. The molecular formula is C17H16FN3O4.